The van der Waals surface area contributed by atoms with E-state index < -0.39 is 27.4 Å². The Labute approximate surface area is 250 Å². The molecule has 1 aliphatic heterocycles. The highest BCUT2D eigenvalue weighted by molar-refractivity contribution is 7.92. The summed E-state index contributed by atoms with van der Waals surface area (Å²) in [6, 6.07) is 13.0. The third-order valence-corrected chi connectivity index (χ3v) is 8.11. The molecule has 3 aromatic rings. The van der Waals surface area contributed by atoms with Crippen LogP contribution in [0, 0.1) is 0 Å². The number of ether oxygens (including phenoxy) is 3. The zero-order valence-electron chi connectivity index (χ0n) is 24.7. The van der Waals surface area contributed by atoms with Gasteiger partial charge in [0.15, 0.2) is 0 Å². The van der Waals surface area contributed by atoms with Gasteiger partial charge in [-0.2, -0.15) is 0 Å². The van der Waals surface area contributed by atoms with E-state index in [4.69, 9.17) is 14.2 Å². The maximum absolute atomic E-state index is 13.6. The number of anilines is 3. The summed E-state index contributed by atoms with van der Waals surface area (Å²) >= 11 is 0. The van der Waals surface area contributed by atoms with Gasteiger partial charge < -0.3 is 24.8 Å². The van der Waals surface area contributed by atoms with Crippen LogP contribution in [0.25, 0.3) is 0 Å². The SMILES string of the molecule is COc1ccc(OC)c(S(=O)(=O)Nc2ccc(NC(=O)c3cc(N4C(=O)CCNC4=O)cc(C(C)(C)C)c3OC)cc2)c1. The third kappa shape index (κ3) is 6.67. The second-order valence-electron chi connectivity index (χ2n) is 10.7. The average molecular weight is 611 g/mol. The first-order valence-electron chi connectivity index (χ1n) is 13.3. The Balaban J connectivity index is 1.63. The summed E-state index contributed by atoms with van der Waals surface area (Å²) in [4.78, 5) is 39.7. The van der Waals surface area contributed by atoms with Crippen LogP contribution in [0.3, 0.4) is 0 Å². The molecule has 0 unspecified atom stereocenters. The van der Waals surface area contributed by atoms with Crippen LogP contribution in [0.2, 0.25) is 0 Å². The van der Waals surface area contributed by atoms with Crippen molar-refractivity contribution >= 4 is 44.9 Å². The van der Waals surface area contributed by atoms with Crippen molar-refractivity contribution in [3.05, 3.63) is 65.7 Å². The first-order chi connectivity index (χ1) is 20.3. The molecular formula is C30H34N4O8S. The van der Waals surface area contributed by atoms with Gasteiger partial charge >= 0.3 is 6.03 Å². The third-order valence-electron chi connectivity index (χ3n) is 6.71. The van der Waals surface area contributed by atoms with E-state index in [0.717, 1.165) is 4.90 Å². The average Bonchev–Trinajstić information content (AvgIpc) is 2.96. The van der Waals surface area contributed by atoms with E-state index in [1.165, 1.54) is 63.8 Å². The molecule has 0 radical (unpaired) electrons. The summed E-state index contributed by atoms with van der Waals surface area (Å²) in [5, 5.41) is 5.44. The van der Waals surface area contributed by atoms with Gasteiger partial charge in [-0.05, 0) is 53.9 Å². The van der Waals surface area contributed by atoms with Gasteiger partial charge in [-0.3, -0.25) is 14.3 Å². The van der Waals surface area contributed by atoms with E-state index in [9.17, 15) is 22.8 Å². The molecule has 1 saturated heterocycles. The predicted molar refractivity (Wildman–Crippen MR) is 162 cm³/mol. The molecule has 4 amide bonds. The fourth-order valence-corrected chi connectivity index (χ4v) is 5.80. The van der Waals surface area contributed by atoms with Crippen molar-refractivity contribution in [2.75, 3.05) is 42.8 Å². The molecule has 0 saturated carbocycles. The van der Waals surface area contributed by atoms with Crippen LogP contribution < -0.4 is 34.5 Å². The maximum Gasteiger partial charge on any atom is 0.328 e. The van der Waals surface area contributed by atoms with E-state index in [1.54, 1.807) is 12.1 Å². The number of carbonyl (C=O) groups is 3. The van der Waals surface area contributed by atoms with Crippen molar-refractivity contribution in [3.8, 4) is 17.2 Å². The van der Waals surface area contributed by atoms with E-state index >= 15 is 0 Å². The smallest absolute Gasteiger partial charge is 0.328 e. The van der Waals surface area contributed by atoms with Gasteiger partial charge in [-0.1, -0.05) is 20.8 Å². The molecule has 3 aromatic carbocycles. The van der Waals surface area contributed by atoms with Crippen LogP contribution in [0.15, 0.2) is 59.5 Å². The largest absolute Gasteiger partial charge is 0.497 e. The molecule has 1 aliphatic rings. The van der Waals surface area contributed by atoms with E-state index in [-0.39, 0.29) is 46.5 Å². The number of sulfonamides is 1. The van der Waals surface area contributed by atoms with Gasteiger partial charge in [-0.25, -0.2) is 18.1 Å². The number of hydrogen-bond donors (Lipinski definition) is 3. The number of rotatable bonds is 9. The predicted octanol–water partition coefficient (Wildman–Crippen LogP) is 4.51. The number of hydrogen-bond acceptors (Lipinski definition) is 8. The lowest BCUT2D eigenvalue weighted by molar-refractivity contribution is -0.118. The molecule has 0 atom stereocenters. The number of carbonyl (C=O) groups excluding carboxylic acids is 3. The normalized spacial score (nSPS) is 13.7. The second kappa shape index (κ2) is 12.2. The van der Waals surface area contributed by atoms with Gasteiger partial charge in [-0.15, -0.1) is 0 Å². The Bertz CT molecular complexity index is 1650. The summed E-state index contributed by atoms with van der Waals surface area (Å²) in [5.74, 6) is -0.145. The molecule has 0 aliphatic carbocycles. The fourth-order valence-electron chi connectivity index (χ4n) is 4.55. The van der Waals surface area contributed by atoms with E-state index in [0.29, 0.717) is 22.7 Å². The minimum absolute atomic E-state index is 0.103. The second-order valence-corrected chi connectivity index (χ2v) is 12.3. The van der Waals surface area contributed by atoms with Crippen molar-refractivity contribution in [2.24, 2.45) is 0 Å². The first kappa shape index (κ1) is 31.2. The van der Waals surface area contributed by atoms with Gasteiger partial charge in [0.2, 0.25) is 5.91 Å². The monoisotopic (exact) mass is 610 g/mol. The van der Waals surface area contributed by atoms with Crippen LogP contribution in [-0.4, -0.2) is 54.1 Å². The summed E-state index contributed by atoms with van der Waals surface area (Å²) in [6.07, 6.45) is 0.130. The molecule has 0 aromatic heterocycles. The molecule has 1 heterocycles. The summed E-state index contributed by atoms with van der Waals surface area (Å²) < 4.78 is 44.7. The van der Waals surface area contributed by atoms with Crippen molar-refractivity contribution in [1.82, 2.24) is 5.32 Å². The molecular weight excluding hydrogens is 576 g/mol. The van der Waals surface area contributed by atoms with Crippen LogP contribution in [0.5, 0.6) is 17.2 Å². The lowest BCUT2D eigenvalue weighted by atomic mass is 9.84. The van der Waals surface area contributed by atoms with Crippen molar-refractivity contribution < 1.29 is 37.0 Å². The number of imide groups is 1. The highest BCUT2D eigenvalue weighted by Gasteiger charge is 2.32. The summed E-state index contributed by atoms with van der Waals surface area (Å²) in [7, 11) is 0.195. The van der Waals surface area contributed by atoms with E-state index in [1.807, 2.05) is 20.8 Å². The van der Waals surface area contributed by atoms with Gasteiger partial charge in [0, 0.05) is 36.0 Å². The van der Waals surface area contributed by atoms with Crippen LogP contribution in [0.4, 0.5) is 21.9 Å². The Morgan fingerprint density at radius 3 is 2.16 bits per heavy atom. The van der Waals surface area contributed by atoms with Gasteiger partial charge in [0.25, 0.3) is 15.9 Å². The molecule has 12 nitrogen and oxygen atoms in total. The zero-order valence-corrected chi connectivity index (χ0v) is 25.5. The molecule has 1 fully saturated rings. The lowest BCUT2D eigenvalue weighted by Crippen LogP contribution is -2.50. The summed E-state index contributed by atoms with van der Waals surface area (Å²) in [5.41, 5.74) is 1.09. The molecule has 0 bridgehead atoms. The van der Waals surface area contributed by atoms with Gasteiger partial charge in [0.05, 0.1) is 32.6 Å². The minimum atomic E-state index is -4.04. The van der Waals surface area contributed by atoms with Crippen LogP contribution >= 0.6 is 0 Å². The Hall–Kier alpha value is -4.78. The Morgan fingerprint density at radius 1 is 0.907 bits per heavy atom. The minimum Gasteiger partial charge on any atom is -0.497 e. The number of urea groups is 1. The van der Waals surface area contributed by atoms with Crippen molar-refractivity contribution in [1.29, 1.82) is 0 Å². The Morgan fingerprint density at radius 2 is 1.58 bits per heavy atom. The van der Waals surface area contributed by atoms with Crippen LogP contribution in [-0.2, 0) is 20.2 Å². The van der Waals surface area contributed by atoms with Gasteiger partial charge in [0.1, 0.15) is 22.1 Å². The topological polar surface area (TPSA) is 152 Å². The first-order valence-corrected chi connectivity index (χ1v) is 14.8. The number of methoxy groups -OCH3 is 3. The molecule has 0 spiro atoms. The zero-order chi connectivity index (χ0) is 31.5. The summed E-state index contributed by atoms with van der Waals surface area (Å²) in [6.45, 7) is 6.02. The van der Waals surface area contributed by atoms with Crippen molar-refractivity contribution in [2.45, 2.75) is 37.5 Å². The molecule has 43 heavy (non-hydrogen) atoms. The standard InChI is InChI=1S/C30H34N4O8S/c1-30(2,3)23-16-20(34-26(35)13-14-31-29(34)37)15-22(27(23)42-6)28(36)32-18-7-9-19(10-8-18)33-43(38,39)25-17-21(40-4)11-12-24(25)41-5/h7-12,15-17,33H,13-14H2,1-6H3,(H,31,37)(H,32,36). The van der Waals surface area contributed by atoms with E-state index in [2.05, 4.69) is 15.4 Å². The fraction of sp³-hybridized carbons (Fsp3) is 0.300. The molecule has 13 heteroatoms. The number of nitrogens with one attached hydrogen (secondary N) is 3. The van der Waals surface area contributed by atoms with Crippen LogP contribution in [0.1, 0.15) is 43.1 Å². The van der Waals surface area contributed by atoms with Crippen molar-refractivity contribution in [3.63, 3.8) is 0 Å². The molecule has 3 N–H and O–H groups in total. The quantitative estimate of drug-likeness (QED) is 0.320. The number of amides is 4. The highest BCUT2D eigenvalue weighted by Crippen LogP contribution is 2.39. The number of benzene rings is 3. The number of nitrogens with zero attached hydrogens (tertiary/aromatic N) is 1. The molecule has 228 valence electrons. The maximum atomic E-state index is 13.6. The Kier molecular flexibility index (Phi) is 8.85. The lowest BCUT2D eigenvalue weighted by Gasteiger charge is -2.30. The highest BCUT2D eigenvalue weighted by atomic mass is 32.2. The molecule has 4 rings (SSSR count).